The van der Waals surface area contributed by atoms with Gasteiger partial charge >= 0.3 is 0 Å². The minimum atomic E-state index is 0.0670. The fourth-order valence-corrected chi connectivity index (χ4v) is 2.00. The molecule has 0 fully saturated rings. The van der Waals surface area contributed by atoms with Crippen LogP contribution >= 0.6 is 0 Å². The summed E-state index contributed by atoms with van der Waals surface area (Å²) in [5, 5.41) is 0. The fourth-order valence-electron chi connectivity index (χ4n) is 2.00. The SMILES string of the molecule is C=C1c2ccccc2C(=O)C(C)C1C. The molecule has 2 rings (SSSR count). The van der Waals surface area contributed by atoms with Crippen molar-refractivity contribution in [3.05, 3.63) is 42.0 Å². The lowest BCUT2D eigenvalue weighted by atomic mass is 9.74. The second-order valence-corrected chi connectivity index (χ2v) is 4.01. The average Bonchev–Trinajstić information content (AvgIpc) is 2.23. The van der Waals surface area contributed by atoms with Gasteiger partial charge in [-0.3, -0.25) is 4.79 Å². The molecule has 1 aliphatic rings. The molecule has 14 heavy (non-hydrogen) atoms. The van der Waals surface area contributed by atoms with Crippen LogP contribution in [-0.4, -0.2) is 5.78 Å². The van der Waals surface area contributed by atoms with Crippen molar-refractivity contribution in [3.8, 4) is 0 Å². The largest absolute Gasteiger partial charge is 0.294 e. The minimum absolute atomic E-state index is 0.0670. The number of hydrogen-bond donors (Lipinski definition) is 0. The van der Waals surface area contributed by atoms with Crippen molar-refractivity contribution in [2.75, 3.05) is 0 Å². The molecule has 0 saturated carbocycles. The van der Waals surface area contributed by atoms with Crippen LogP contribution in [0.25, 0.3) is 5.57 Å². The second-order valence-electron chi connectivity index (χ2n) is 4.01. The molecule has 0 heterocycles. The van der Waals surface area contributed by atoms with Gasteiger partial charge in [-0.05, 0) is 17.1 Å². The molecule has 1 aliphatic carbocycles. The Morgan fingerprint density at radius 3 is 2.29 bits per heavy atom. The summed E-state index contributed by atoms with van der Waals surface area (Å²) in [5.41, 5.74) is 2.96. The second kappa shape index (κ2) is 3.09. The van der Waals surface area contributed by atoms with Crippen LogP contribution < -0.4 is 0 Å². The molecule has 0 amide bonds. The van der Waals surface area contributed by atoms with Gasteiger partial charge in [0.2, 0.25) is 0 Å². The summed E-state index contributed by atoms with van der Waals surface area (Å²) in [4.78, 5) is 11.9. The summed E-state index contributed by atoms with van der Waals surface area (Å²) < 4.78 is 0. The first-order valence-electron chi connectivity index (χ1n) is 4.95. The Bertz CT molecular complexity index is 364. The van der Waals surface area contributed by atoms with Gasteiger partial charge in [-0.2, -0.15) is 0 Å². The van der Waals surface area contributed by atoms with Crippen molar-refractivity contribution in [1.29, 1.82) is 0 Å². The number of fused-ring (bicyclic) bond motifs is 1. The molecule has 0 N–H and O–H groups in total. The Labute approximate surface area is 84.5 Å². The van der Waals surface area contributed by atoms with Gasteiger partial charge < -0.3 is 0 Å². The number of ketones is 1. The van der Waals surface area contributed by atoms with Crippen LogP contribution in [0, 0.1) is 11.8 Å². The molecule has 1 heteroatoms. The average molecular weight is 186 g/mol. The summed E-state index contributed by atoms with van der Waals surface area (Å²) in [6, 6.07) is 7.75. The van der Waals surface area contributed by atoms with E-state index in [1.165, 1.54) is 0 Å². The molecule has 1 aromatic rings. The Morgan fingerprint density at radius 1 is 1.07 bits per heavy atom. The smallest absolute Gasteiger partial charge is 0.166 e. The van der Waals surface area contributed by atoms with E-state index in [2.05, 4.69) is 13.5 Å². The molecular weight excluding hydrogens is 172 g/mol. The molecule has 0 spiro atoms. The molecule has 72 valence electrons. The highest BCUT2D eigenvalue weighted by Gasteiger charge is 2.31. The van der Waals surface area contributed by atoms with Crippen LogP contribution in [0.1, 0.15) is 29.8 Å². The van der Waals surface area contributed by atoms with E-state index in [1.54, 1.807) is 0 Å². The Balaban J connectivity index is 2.62. The van der Waals surface area contributed by atoms with E-state index in [0.29, 0.717) is 0 Å². The summed E-state index contributed by atoms with van der Waals surface area (Å²) in [6.07, 6.45) is 0. The highest BCUT2D eigenvalue weighted by atomic mass is 16.1. The van der Waals surface area contributed by atoms with Crippen molar-refractivity contribution in [1.82, 2.24) is 0 Å². The quantitative estimate of drug-likeness (QED) is 0.608. The van der Waals surface area contributed by atoms with Gasteiger partial charge in [0.25, 0.3) is 0 Å². The Kier molecular flexibility index (Phi) is 2.03. The normalized spacial score (nSPS) is 26.1. The van der Waals surface area contributed by atoms with E-state index in [1.807, 2.05) is 31.2 Å². The standard InChI is InChI=1S/C13H14O/c1-8-9(2)11-6-4-5-7-12(11)13(14)10(8)3/h4-8,10H,2H2,1,3H3. The zero-order chi connectivity index (χ0) is 10.3. The van der Waals surface area contributed by atoms with Crippen LogP contribution in [-0.2, 0) is 0 Å². The maximum atomic E-state index is 11.9. The van der Waals surface area contributed by atoms with E-state index in [0.717, 1.165) is 16.7 Å². The highest BCUT2D eigenvalue weighted by Crippen LogP contribution is 2.37. The van der Waals surface area contributed by atoms with Crippen LogP contribution in [0.15, 0.2) is 30.8 Å². The molecule has 0 bridgehead atoms. The fraction of sp³-hybridized carbons (Fsp3) is 0.308. The van der Waals surface area contributed by atoms with Crippen LogP contribution in [0.5, 0.6) is 0 Å². The first-order valence-corrected chi connectivity index (χ1v) is 4.95. The van der Waals surface area contributed by atoms with E-state index in [-0.39, 0.29) is 17.6 Å². The van der Waals surface area contributed by atoms with Crippen molar-refractivity contribution in [2.45, 2.75) is 13.8 Å². The maximum Gasteiger partial charge on any atom is 0.166 e. The third-order valence-electron chi connectivity index (χ3n) is 3.25. The first-order chi connectivity index (χ1) is 6.63. The van der Waals surface area contributed by atoms with E-state index in [4.69, 9.17) is 0 Å². The lowest BCUT2D eigenvalue weighted by Gasteiger charge is -2.28. The zero-order valence-corrected chi connectivity index (χ0v) is 8.58. The number of benzene rings is 1. The van der Waals surface area contributed by atoms with Crippen molar-refractivity contribution < 1.29 is 4.79 Å². The van der Waals surface area contributed by atoms with Crippen LogP contribution in [0.4, 0.5) is 0 Å². The summed E-state index contributed by atoms with van der Waals surface area (Å²) in [7, 11) is 0. The van der Waals surface area contributed by atoms with Gasteiger partial charge in [-0.1, -0.05) is 44.7 Å². The molecule has 0 radical (unpaired) electrons. The monoisotopic (exact) mass is 186 g/mol. The maximum absolute atomic E-state index is 11.9. The molecule has 0 aromatic heterocycles. The predicted molar refractivity (Wildman–Crippen MR) is 58.1 cm³/mol. The van der Waals surface area contributed by atoms with E-state index >= 15 is 0 Å². The van der Waals surface area contributed by atoms with E-state index in [9.17, 15) is 4.79 Å². The zero-order valence-electron chi connectivity index (χ0n) is 8.58. The topological polar surface area (TPSA) is 17.1 Å². The molecule has 2 unspecified atom stereocenters. The number of rotatable bonds is 0. The predicted octanol–water partition coefficient (Wildman–Crippen LogP) is 3.17. The van der Waals surface area contributed by atoms with E-state index < -0.39 is 0 Å². The van der Waals surface area contributed by atoms with Crippen LogP contribution in [0.2, 0.25) is 0 Å². The van der Waals surface area contributed by atoms with Gasteiger partial charge in [-0.25, -0.2) is 0 Å². The van der Waals surface area contributed by atoms with Gasteiger partial charge in [0.15, 0.2) is 5.78 Å². The minimum Gasteiger partial charge on any atom is -0.294 e. The molecule has 0 aliphatic heterocycles. The lowest BCUT2D eigenvalue weighted by Crippen LogP contribution is -2.26. The highest BCUT2D eigenvalue weighted by molar-refractivity contribution is 6.05. The number of Topliss-reactive ketones (excluding diaryl/α,β-unsaturated/α-hetero) is 1. The lowest BCUT2D eigenvalue weighted by molar-refractivity contribution is 0.0903. The number of carbonyl (C=O) groups excluding carboxylic acids is 1. The number of carbonyl (C=O) groups is 1. The Morgan fingerprint density at radius 2 is 1.64 bits per heavy atom. The van der Waals surface area contributed by atoms with Crippen molar-refractivity contribution in [2.24, 2.45) is 11.8 Å². The third-order valence-corrected chi connectivity index (χ3v) is 3.25. The molecular formula is C13H14O. The summed E-state index contributed by atoms with van der Waals surface area (Å²) in [5.74, 6) is 0.579. The first kappa shape index (κ1) is 9.20. The van der Waals surface area contributed by atoms with Gasteiger partial charge in [0.1, 0.15) is 0 Å². The summed E-state index contributed by atoms with van der Waals surface area (Å²) >= 11 is 0. The van der Waals surface area contributed by atoms with Gasteiger partial charge in [0.05, 0.1) is 0 Å². The summed E-state index contributed by atoms with van der Waals surface area (Å²) in [6.45, 7) is 8.12. The number of hydrogen-bond acceptors (Lipinski definition) is 1. The number of allylic oxidation sites excluding steroid dienone is 1. The molecule has 2 atom stereocenters. The third kappa shape index (κ3) is 1.12. The molecule has 1 nitrogen and oxygen atoms in total. The van der Waals surface area contributed by atoms with Crippen LogP contribution in [0.3, 0.4) is 0 Å². The van der Waals surface area contributed by atoms with Gasteiger partial charge in [0, 0.05) is 11.5 Å². The molecule has 1 aromatic carbocycles. The Hall–Kier alpha value is -1.37. The van der Waals surface area contributed by atoms with Gasteiger partial charge in [-0.15, -0.1) is 0 Å². The van der Waals surface area contributed by atoms with Crippen molar-refractivity contribution in [3.63, 3.8) is 0 Å². The molecule has 0 saturated heterocycles. The van der Waals surface area contributed by atoms with Crippen molar-refractivity contribution >= 4 is 11.4 Å².